The van der Waals surface area contributed by atoms with E-state index in [-0.39, 0.29) is 23.8 Å². The Hall–Kier alpha value is -2.90. The van der Waals surface area contributed by atoms with Gasteiger partial charge in [0.25, 0.3) is 0 Å². The van der Waals surface area contributed by atoms with Crippen LogP contribution < -0.4 is 10.6 Å². The Kier molecular flexibility index (Phi) is 14.2. The van der Waals surface area contributed by atoms with Crippen LogP contribution in [0, 0.1) is 0 Å². The Morgan fingerprint density at radius 2 is 0.938 bits per heavy atom. The van der Waals surface area contributed by atoms with Crippen LogP contribution in [0.4, 0.5) is 11.4 Å². The molecule has 0 atom stereocenters. The lowest BCUT2D eigenvalue weighted by Crippen LogP contribution is -2.16. The number of anilines is 2. The van der Waals surface area contributed by atoms with Crippen molar-refractivity contribution in [3.05, 3.63) is 24.3 Å². The number of amides is 2. The van der Waals surface area contributed by atoms with Crippen molar-refractivity contribution in [3.63, 3.8) is 0 Å². The number of carbonyl (C=O) groups excluding carboxylic acids is 4. The lowest BCUT2D eigenvalue weighted by molar-refractivity contribution is -0.141. The van der Waals surface area contributed by atoms with Gasteiger partial charge in [0.15, 0.2) is 0 Å². The highest BCUT2D eigenvalue weighted by Crippen LogP contribution is 2.22. The van der Waals surface area contributed by atoms with Crippen molar-refractivity contribution >= 4 is 35.1 Å². The lowest BCUT2D eigenvalue weighted by atomic mass is 10.1. The number of hydrogen-bond acceptors (Lipinski definition) is 6. The highest BCUT2D eigenvalue weighted by atomic mass is 16.5. The average Bonchev–Trinajstić information content (AvgIpc) is 2.79. The molecule has 32 heavy (non-hydrogen) atoms. The first kappa shape index (κ1) is 27.1. The summed E-state index contributed by atoms with van der Waals surface area (Å²) in [6, 6.07) is 7.13. The number of methoxy groups -OCH3 is 2. The van der Waals surface area contributed by atoms with Crippen LogP contribution in [0.5, 0.6) is 0 Å². The van der Waals surface area contributed by atoms with E-state index in [0.29, 0.717) is 37.1 Å². The van der Waals surface area contributed by atoms with Crippen LogP contribution in [0.1, 0.15) is 77.0 Å². The molecule has 0 bridgehead atoms. The van der Waals surface area contributed by atoms with Gasteiger partial charge in [-0.25, -0.2) is 0 Å². The number of esters is 2. The minimum atomic E-state index is -0.208. The van der Waals surface area contributed by atoms with Crippen LogP contribution in [0.3, 0.4) is 0 Å². The summed E-state index contributed by atoms with van der Waals surface area (Å²) in [6.45, 7) is 0. The molecule has 1 aromatic carbocycles. The zero-order valence-electron chi connectivity index (χ0n) is 19.2. The topological polar surface area (TPSA) is 111 Å². The van der Waals surface area contributed by atoms with E-state index in [2.05, 4.69) is 20.1 Å². The second-order valence-electron chi connectivity index (χ2n) is 7.62. The molecule has 0 unspecified atom stereocenters. The highest BCUT2D eigenvalue weighted by molar-refractivity contribution is 5.99. The van der Waals surface area contributed by atoms with Gasteiger partial charge >= 0.3 is 11.9 Å². The third-order valence-corrected chi connectivity index (χ3v) is 5.00. The average molecular weight is 449 g/mol. The summed E-state index contributed by atoms with van der Waals surface area (Å²) in [6.07, 6.45) is 8.03. The molecule has 8 nitrogen and oxygen atoms in total. The number of nitrogens with one attached hydrogen (secondary N) is 2. The van der Waals surface area contributed by atoms with Gasteiger partial charge in [0.05, 0.1) is 25.6 Å². The molecule has 0 aliphatic rings. The fraction of sp³-hybridized carbons (Fsp3) is 0.583. The number of rotatable bonds is 16. The minimum Gasteiger partial charge on any atom is -0.469 e. The molecule has 0 saturated heterocycles. The maximum Gasteiger partial charge on any atom is 0.305 e. The Labute approximate surface area is 190 Å². The zero-order valence-corrected chi connectivity index (χ0v) is 19.2. The Morgan fingerprint density at radius 3 is 1.28 bits per heavy atom. The van der Waals surface area contributed by atoms with Crippen molar-refractivity contribution in [1.29, 1.82) is 0 Å². The molecule has 2 N–H and O–H groups in total. The molecule has 0 saturated carbocycles. The molecule has 0 spiro atoms. The van der Waals surface area contributed by atoms with Crippen molar-refractivity contribution in [1.82, 2.24) is 0 Å². The summed E-state index contributed by atoms with van der Waals surface area (Å²) >= 11 is 0. The number of para-hydroxylation sites is 2. The standard InChI is InChI=1S/C24H36N2O6/c1-31-23(29)17-9-5-3-7-15-21(27)25-19-13-11-12-14-20(19)26-22(28)16-8-4-6-10-18-24(30)32-2/h11-14H,3-10,15-18H2,1-2H3,(H,25,27)(H,26,28). The molecule has 178 valence electrons. The lowest BCUT2D eigenvalue weighted by Gasteiger charge is -2.12. The second kappa shape index (κ2) is 16.8. The van der Waals surface area contributed by atoms with Crippen molar-refractivity contribution in [3.8, 4) is 0 Å². The SMILES string of the molecule is COC(=O)CCCCCCC(=O)Nc1ccccc1NC(=O)CCCCCCC(=O)OC. The van der Waals surface area contributed by atoms with E-state index >= 15 is 0 Å². The maximum absolute atomic E-state index is 12.2. The van der Waals surface area contributed by atoms with Crippen molar-refractivity contribution in [2.75, 3.05) is 24.9 Å². The first-order valence-corrected chi connectivity index (χ1v) is 11.3. The third-order valence-electron chi connectivity index (χ3n) is 5.00. The molecule has 0 aliphatic heterocycles. The fourth-order valence-corrected chi connectivity index (χ4v) is 3.15. The first-order valence-electron chi connectivity index (χ1n) is 11.3. The zero-order chi connectivity index (χ0) is 23.6. The van der Waals surface area contributed by atoms with Crippen LogP contribution in [0.15, 0.2) is 24.3 Å². The van der Waals surface area contributed by atoms with Gasteiger partial charge < -0.3 is 20.1 Å². The van der Waals surface area contributed by atoms with Crippen molar-refractivity contribution in [2.24, 2.45) is 0 Å². The van der Waals surface area contributed by atoms with E-state index in [1.807, 2.05) is 0 Å². The van der Waals surface area contributed by atoms with Gasteiger partial charge in [-0.1, -0.05) is 37.8 Å². The second-order valence-corrected chi connectivity index (χ2v) is 7.62. The quantitative estimate of drug-likeness (QED) is 0.283. The molecule has 0 radical (unpaired) electrons. The minimum absolute atomic E-state index is 0.106. The van der Waals surface area contributed by atoms with Gasteiger partial charge in [0, 0.05) is 25.7 Å². The van der Waals surface area contributed by atoms with Gasteiger partial charge in [-0.2, -0.15) is 0 Å². The summed E-state index contributed by atoms with van der Waals surface area (Å²) in [5.41, 5.74) is 1.16. The van der Waals surface area contributed by atoms with E-state index in [0.717, 1.165) is 51.4 Å². The smallest absolute Gasteiger partial charge is 0.305 e. The summed E-state index contributed by atoms with van der Waals surface area (Å²) in [5.74, 6) is -0.629. The maximum atomic E-state index is 12.2. The Balaban J connectivity index is 2.29. The summed E-state index contributed by atoms with van der Waals surface area (Å²) in [7, 11) is 2.76. The predicted molar refractivity (Wildman–Crippen MR) is 123 cm³/mol. The van der Waals surface area contributed by atoms with Gasteiger partial charge in [-0.15, -0.1) is 0 Å². The van der Waals surface area contributed by atoms with Crippen molar-refractivity contribution < 1.29 is 28.7 Å². The largest absolute Gasteiger partial charge is 0.469 e. The molecular weight excluding hydrogens is 412 g/mol. The summed E-state index contributed by atoms with van der Waals surface area (Å²) in [5, 5.41) is 5.73. The van der Waals surface area contributed by atoms with Crippen LogP contribution in [-0.4, -0.2) is 38.0 Å². The highest BCUT2D eigenvalue weighted by Gasteiger charge is 2.10. The van der Waals surface area contributed by atoms with Gasteiger partial charge in [0.2, 0.25) is 11.8 Å². The van der Waals surface area contributed by atoms with Crippen LogP contribution in [-0.2, 0) is 28.7 Å². The molecule has 0 fully saturated rings. The number of ether oxygens (including phenoxy) is 2. The first-order chi connectivity index (χ1) is 15.5. The number of benzene rings is 1. The molecule has 0 aromatic heterocycles. The van der Waals surface area contributed by atoms with Crippen LogP contribution >= 0.6 is 0 Å². The van der Waals surface area contributed by atoms with E-state index in [4.69, 9.17) is 0 Å². The summed E-state index contributed by atoms with van der Waals surface area (Å²) in [4.78, 5) is 46.6. The Bertz CT molecular complexity index is 674. The number of unbranched alkanes of at least 4 members (excludes halogenated alkanes) is 6. The molecule has 0 aliphatic carbocycles. The molecular formula is C24H36N2O6. The van der Waals surface area contributed by atoms with Crippen molar-refractivity contribution in [2.45, 2.75) is 77.0 Å². The normalized spacial score (nSPS) is 10.3. The molecule has 0 heterocycles. The van der Waals surface area contributed by atoms with Gasteiger partial charge in [-0.3, -0.25) is 19.2 Å². The number of hydrogen-bond donors (Lipinski definition) is 2. The fourth-order valence-electron chi connectivity index (χ4n) is 3.15. The third kappa shape index (κ3) is 12.7. The van der Waals surface area contributed by atoms with E-state index in [9.17, 15) is 19.2 Å². The molecule has 1 aromatic rings. The van der Waals surface area contributed by atoms with E-state index in [1.165, 1.54) is 14.2 Å². The molecule has 2 amide bonds. The predicted octanol–water partition coefficient (Wildman–Crippen LogP) is 4.59. The van der Waals surface area contributed by atoms with Gasteiger partial charge in [-0.05, 0) is 37.8 Å². The Morgan fingerprint density at radius 1 is 0.594 bits per heavy atom. The molecule has 8 heteroatoms. The van der Waals surface area contributed by atoms with Crippen LogP contribution in [0.25, 0.3) is 0 Å². The molecule has 1 rings (SSSR count). The number of carbonyl (C=O) groups is 4. The van der Waals surface area contributed by atoms with Crippen LogP contribution in [0.2, 0.25) is 0 Å². The summed E-state index contributed by atoms with van der Waals surface area (Å²) < 4.78 is 9.20. The van der Waals surface area contributed by atoms with Gasteiger partial charge in [0.1, 0.15) is 0 Å². The monoisotopic (exact) mass is 448 g/mol. The van der Waals surface area contributed by atoms with E-state index < -0.39 is 0 Å². The van der Waals surface area contributed by atoms with E-state index in [1.54, 1.807) is 24.3 Å².